The van der Waals surface area contributed by atoms with E-state index in [1.807, 2.05) is 6.92 Å². The lowest BCUT2D eigenvalue weighted by Crippen LogP contribution is -2.36. The number of carbonyl (C=O) groups excluding carboxylic acids is 1. The minimum absolute atomic E-state index is 0.109. The number of sulfonamides is 1. The molecule has 0 unspecified atom stereocenters. The van der Waals surface area contributed by atoms with Crippen LogP contribution in [0.4, 0.5) is 10.5 Å². The second-order valence-corrected chi connectivity index (χ2v) is 6.86. The Morgan fingerprint density at radius 2 is 1.90 bits per heavy atom. The van der Waals surface area contributed by atoms with E-state index >= 15 is 0 Å². The number of rotatable bonds is 3. The number of urea groups is 1. The number of carbonyl (C=O) groups is 1. The van der Waals surface area contributed by atoms with Crippen molar-refractivity contribution in [1.29, 1.82) is 0 Å². The van der Waals surface area contributed by atoms with Gasteiger partial charge in [0, 0.05) is 13.1 Å². The molecule has 1 fully saturated rings. The van der Waals surface area contributed by atoms with E-state index < -0.39 is 16.1 Å². The van der Waals surface area contributed by atoms with Crippen molar-refractivity contribution in [1.82, 2.24) is 4.31 Å². The number of hydrogen-bond acceptors (Lipinski definition) is 3. The summed E-state index contributed by atoms with van der Waals surface area (Å²) >= 11 is 0. The van der Waals surface area contributed by atoms with Gasteiger partial charge in [0.25, 0.3) is 0 Å². The van der Waals surface area contributed by atoms with Gasteiger partial charge in [0.1, 0.15) is 4.90 Å². The van der Waals surface area contributed by atoms with Gasteiger partial charge in [-0.2, -0.15) is 4.31 Å². The number of benzene rings is 1. The van der Waals surface area contributed by atoms with Crippen LogP contribution in [0.1, 0.15) is 24.8 Å². The zero-order valence-electron chi connectivity index (χ0n) is 11.4. The van der Waals surface area contributed by atoms with E-state index in [0.29, 0.717) is 13.1 Å². The van der Waals surface area contributed by atoms with Gasteiger partial charge in [-0.3, -0.25) is 0 Å². The number of amides is 2. The van der Waals surface area contributed by atoms with Gasteiger partial charge >= 0.3 is 6.03 Å². The summed E-state index contributed by atoms with van der Waals surface area (Å²) in [5.74, 6) is 0. The molecule has 0 radical (unpaired) electrons. The van der Waals surface area contributed by atoms with E-state index in [1.54, 1.807) is 18.2 Å². The molecule has 3 N–H and O–H groups in total. The summed E-state index contributed by atoms with van der Waals surface area (Å²) in [6.07, 6.45) is 2.78. The van der Waals surface area contributed by atoms with Crippen LogP contribution in [-0.4, -0.2) is 31.8 Å². The Kier molecular flexibility index (Phi) is 4.29. The first-order chi connectivity index (χ1) is 9.41. The van der Waals surface area contributed by atoms with Crippen LogP contribution >= 0.6 is 0 Å². The van der Waals surface area contributed by atoms with Crippen molar-refractivity contribution < 1.29 is 13.2 Å². The highest BCUT2D eigenvalue weighted by atomic mass is 32.2. The lowest BCUT2D eigenvalue weighted by Gasteiger charge is -2.27. The molecule has 1 saturated heterocycles. The van der Waals surface area contributed by atoms with E-state index in [4.69, 9.17) is 5.73 Å². The zero-order chi connectivity index (χ0) is 14.8. The minimum atomic E-state index is -3.60. The van der Waals surface area contributed by atoms with Gasteiger partial charge in [-0.1, -0.05) is 12.5 Å². The number of piperidine rings is 1. The number of hydrogen-bond donors (Lipinski definition) is 2. The van der Waals surface area contributed by atoms with E-state index in [0.717, 1.165) is 24.8 Å². The van der Waals surface area contributed by atoms with Gasteiger partial charge in [0.2, 0.25) is 10.0 Å². The smallest absolute Gasteiger partial charge is 0.316 e. The molecule has 20 heavy (non-hydrogen) atoms. The highest BCUT2D eigenvalue weighted by Gasteiger charge is 2.28. The topological polar surface area (TPSA) is 92.5 Å². The minimum Gasteiger partial charge on any atom is -0.351 e. The van der Waals surface area contributed by atoms with Crippen molar-refractivity contribution in [3.63, 3.8) is 0 Å². The molecule has 1 heterocycles. The van der Waals surface area contributed by atoms with Crippen molar-refractivity contribution >= 4 is 21.7 Å². The average molecular weight is 297 g/mol. The first-order valence-corrected chi connectivity index (χ1v) is 8.02. The SMILES string of the molecule is Cc1ccc(NC(N)=O)c(S(=O)(=O)N2CCCCC2)c1. The summed E-state index contributed by atoms with van der Waals surface area (Å²) in [6, 6.07) is 4.09. The van der Waals surface area contributed by atoms with Gasteiger partial charge in [0.05, 0.1) is 5.69 Å². The van der Waals surface area contributed by atoms with Gasteiger partial charge in [0.15, 0.2) is 0 Å². The molecule has 2 rings (SSSR count). The number of primary amides is 1. The van der Waals surface area contributed by atoms with E-state index in [1.165, 1.54) is 4.31 Å². The largest absolute Gasteiger partial charge is 0.351 e. The third kappa shape index (κ3) is 3.10. The van der Waals surface area contributed by atoms with Crippen LogP contribution in [0.25, 0.3) is 0 Å². The Hall–Kier alpha value is -1.60. The molecule has 0 aromatic heterocycles. The summed E-state index contributed by atoms with van der Waals surface area (Å²) in [6.45, 7) is 2.85. The van der Waals surface area contributed by atoms with Crippen LogP contribution in [0.2, 0.25) is 0 Å². The van der Waals surface area contributed by atoms with Crippen LogP contribution in [0.5, 0.6) is 0 Å². The molecule has 1 aliphatic rings. The van der Waals surface area contributed by atoms with Crippen molar-refractivity contribution in [2.45, 2.75) is 31.1 Å². The summed E-state index contributed by atoms with van der Waals surface area (Å²) in [4.78, 5) is 11.1. The second-order valence-electron chi connectivity index (χ2n) is 4.95. The van der Waals surface area contributed by atoms with Gasteiger partial charge in [-0.15, -0.1) is 0 Å². The van der Waals surface area contributed by atoms with E-state index in [9.17, 15) is 13.2 Å². The molecular formula is C13H19N3O3S. The molecule has 110 valence electrons. The van der Waals surface area contributed by atoms with Gasteiger partial charge in [-0.05, 0) is 37.5 Å². The van der Waals surface area contributed by atoms with E-state index in [2.05, 4.69) is 5.32 Å². The predicted molar refractivity (Wildman–Crippen MR) is 77.0 cm³/mol. The van der Waals surface area contributed by atoms with Crippen LogP contribution in [-0.2, 0) is 10.0 Å². The summed E-state index contributed by atoms with van der Waals surface area (Å²) in [5.41, 5.74) is 6.14. The summed E-state index contributed by atoms with van der Waals surface area (Å²) in [7, 11) is -3.60. The number of aryl methyl sites for hydroxylation is 1. The van der Waals surface area contributed by atoms with Crippen molar-refractivity contribution in [2.75, 3.05) is 18.4 Å². The maximum atomic E-state index is 12.7. The van der Waals surface area contributed by atoms with E-state index in [-0.39, 0.29) is 10.6 Å². The fourth-order valence-corrected chi connectivity index (χ4v) is 4.07. The van der Waals surface area contributed by atoms with Crippen LogP contribution in [0.15, 0.2) is 23.1 Å². The molecule has 0 atom stereocenters. The molecule has 1 aromatic rings. The Morgan fingerprint density at radius 3 is 2.50 bits per heavy atom. The molecule has 2 amide bonds. The number of nitrogens with one attached hydrogen (secondary N) is 1. The Bertz CT molecular complexity index is 607. The Balaban J connectivity index is 2.43. The fourth-order valence-electron chi connectivity index (χ4n) is 2.32. The molecular weight excluding hydrogens is 278 g/mol. The van der Waals surface area contributed by atoms with Crippen LogP contribution in [0.3, 0.4) is 0 Å². The first-order valence-electron chi connectivity index (χ1n) is 6.58. The summed E-state index contributed by atoms with van der Waals surface area (Å²) < 4.78 is 26.8. The van der Waals surface area contributed by atoms with Crippen molar-refractivity contribution in [3.8, 4) is 0 Å². The quantitative estimate of drug-likeness (QED) is 0.888. The highest BCUT2D eigenvalue weighted by molar-refractivity contribution is 7.89. The van der Waals surface area contributed by atoms with Crippen molar-refractivity contribution in [2.24, 2.45) is 5.73 Å². The normalized spacial score (nSPS) is 16.9. The maximum Gasteiger partial charge on any atom is 0.316 e. The lowest BCUT2D eigenvalue weighted by atomic mass is 10.2. The first kappa shape index (κ1) is 14.8. The molecule has 1 aromatic carbocycles. The number of anilines is 1. The molecule has 0 aliphatic carbocycles. The third-order valence-corrected chi connectivity index (χ3v) is 5.27. The third-order valence-electron chi connectivity index (χ3n) is 3.33. The maximum absolute atomic E-state index is 12.7. The molecule has 0 saturated carbocycles. The lowest BCUT2D eigenvalue weighted by molar-refractivity contribution is 0.259. The highest BCUT2D eigenvalue weighted by Crippen LogP contribution is 2.27. The molecule has 6 nitrogen and oxygen atoms in total. The summed E-state index contributed by atoms with van der Waals surface area (Å²) in [5, 5.41) is 2.38. The predicted octanol–water partition coefficient (Wildman–Crippen LogP) is 1.66. The number of nitrogens with two attached hydrogens (primary N) is 1. The standard InChI is InChI=1S/C13H19N3O3S/c1-10-5-6-11(15-13(14)17)12(9-10)20(18,19)16-7-3-2-4-8-16/h5-6,9H,2-4,7-8H2,1H3,(H3,14,15,17). The molecule has 7 heteroatoms. The molecule has 1 aliphatic heterocycles. The van der Waals surface area contributed by atoms with Crippen molar-refractivity contribution in [3.05, 3.63) is 23.8 Å². The van der Waals surface area contributed by atoms with Crippen LogP contribution < -0.4 is 11.1 Å². The Labute approximate surface area is 119 Å². The number of nitrogens with zero attached hydrogens (tertiary/aromatic N) is 1. The second kappa shape index (κ2) is 5.80. The monoisotopic (exact) mass is 297 g/mol. The Morgan fingerprint density at radius 1 is 1.25 bits per heavy atom. The molecule has 0 spiro atoms. The van der Waals surface area contributed by atoms with Gasteiger partial charge < -0.3 is 11.1 Å². The zero-order valence-corrected chi connectivity index (χ0v) is 12.2. The fraction of sp³-hybridized carbons (Fsp3) is 0.462. The average Bonchev–Trinajstić information content (AvgIpc) is 2.41. The molecule has 0 bridgehead atoms. The van der Waals surface area contributed by atoms with Gasteiger partial charge in [-0.25, -0.2) is 13.2 Å². The van der Waals surface area contributed by atoms with Crippen LogP contribution in [0, 0.1) is 6.92 Å².